The molecule has 1 heterocycles. The number of carbonyl (C=O) groups excluding carboxylic acids is 1. The number of aromatic nitrogens is 1. The topological polar surface area (TPSA) is 79.6 Å². The average Bonchev–Trinajstić information content (AvgIpc) is 3.10. The summed E-state index contributed by atoms with van der Waals surface area (Å²) in [7, 11) is 3.96. The van der Waals surface area contributed by atoms with Crippen molar-refractivity contribution in [3.8, 4) is 0 Å². The third kappa shape index (κ3) is 5.29. The Bertz CT molecular complexity index is 1020. The summed E-state index contributed by atoms with van der Waals surface area (Å²) in [5, 5.41) is 11.7. The van der Waals surface area contributed by atoms with Gasteiger partial charge in [0.15, 0.2) is 5.13 Å². The number of aryl methyl sites for hydroxylation is 1. The molecule has 0 aliphatic rings. The molecule has 0 bridgehead atoms. The third-order valence-corrected chi connectivity index (χ3v) is 5.42. The maximum absolute atomic E-state index is 13.2. The molecule has 0 saturated carbocycles. The zero-order valence-electron chi connectivity index (χ0n) is 16.5. The van der Waals surface area contributed by atoms with Crippen LogP contribution in [-0.2, 0) is 0 Å². The predicted molar refractivity (Wildman–Crippen MR) is 120 cm³/mol. The van der Waals surface area contributed by atoms with Crippen LogP contribution >= 0.6 is 23.7 Å². The van der Waals surface area contributed by atoms with Crippen LogP contribution in [0.2, 0.25) is 0 Å². The highest BCUT2D eigenvalue weighted by Crippen LogP contribution is 2.31. The van der Waals surface area contributed by atoms with Gasteiger partial charge in [-0.15, -0.1) is 12.4 Å². The van der Waals surface area contributed by atoms with Crippen molar-refractivity contribution in [2.75, 3.05) is 32.1 Å². The van der Waals surface area contributed by atoms with E-state index in [2.05, 4.69) is 4.90 Å². The standard InChI is InChI=1S/C20H22N4O3S.ClH/c1-14-7-4-10-17-18(14)21-20(28-17)23(12-6-11-22(2)3)19(25)15-8-5-9-16(13-15)24(26)27;/h4-5,7-10,13H,6,11-12H2,1-3H3;1H. The van der Waals surface area contributed by atoms with E-state index in [9.17, 15) is 14.9 Å². The molecule has 1 aromatic heterocycles. The Balaban J connectivity index is 0.00000300. The van der Waals surface area contributed by atoms with Gasteiger partial charge in [-0.3, -0.25) is 19.8 Å². The summed E-state index contributed by atoms with van der Waals surface area (Å²) in [5.74, 6) is -0.279. The molecule has 7 nitrogen and oxygen atoms in total. The molecule has 0 atom stereocenters. The van der Waals surface area contributed by atoms with Gasteiger partial charge in [0, 0.05) is 24.2 Å². The summed E-state index contributed by atoms with van der Waals surface area (Å²) in [4.78, 5) is 32.2. The van der Waals surface area contributed by atoms with E-state index in [1.54, 1.807) is 11.0 Å². The number of fused-ring (bicyclic) bond motifs is 1. The van der Waals surface area contributed by atoms with Gasteiger partial charge in [0.2, 0.25) is 0 Å². The fourth-order valence-corrected chi connectivity index (χ4v) is 4.00. The van der Waals surface area contributed by atoms with Gasteiger partial charge in [0.25, 0.3) is 11.6 Å². The van der Waals surface area contributed by atoms with Crippen LogP contribution in [0.5, 0.6) is 0 Å². The molecular weight excluding hydrogens is 412 g/mol. The van der Waals surface area contributed by atoms with Crippen molar-refractivity contribution < 1.29 is 9.72 Å². The number of thiazole rings is 1. The summed E-state index contributed by atoms with van der Waals surface area (Å²) in [5.41, 5.74) is 2.12. The van der Waals surface area contributed by atoms with E-state index < -0.39 is 4.92 Å². The molecule has 1 amide bonds. The van der Waals surface area contributed by atoms with Crippen LogP contribution in [0.3, 0.4) is 0 Å². The van der Waals surface area contributed by atoms with Crippen LogP contribution in [0.15, 0.2) is 42.5 Å². The SMILES string of the molecule is Cc1cccc2sc(N(CCCN(C)C)C(=O)c3cccc([N+](=O)[O-])c3)nc12.Cl. The normalized spacial score (nSPS) is 10.8. The van der Waals surface area contributed by atoms with Crippen LogP contribution in [0.4, 0.5) is 10.8 Å². The number of rotatable bonds is 7. The number of non-ortho nitro benzene ring substituents is 1. The largest absolute Gasteiger partial charge is 0.309 e. The Kier molecular flexibility index (Phi) is 7.66. The Morgan fingerprint density at radius 2 is 1.90 bits per heavy atom. The first-order chi connectivity index (χ1) is 13.4. The maximum atomic E-state index is 13.2. The molecular formula is C20H23ClN4O3S. The van der Waals surface area contributed by atoms with Crippen molar-refractivity contribution in [2.24, 2.45) is 0 Å². The van der Waals surface area contributed by atoms with Gasteiger partial charge in [-0.1, -0.05) is 29.5 Å². The summed E-state index contributed by atoms with van der Waals surface area (Å²) in [6.07, 6.45) is 0.766. The number of amides is 1. The van der Waals surface area contributed by atoms with Crippen LogP contribution in [0.1, 0.15) is 22.3 Å². The van der Waals surface area contributed by atoms with E-state index in [0.717, 1.165) is 28.7 Å². The summed E-state index contributed by atoms with van der Waals surface area (Å²) >= 11 is 1.46. The van der Waals surface area contributed by atoms with Gasteiger partial charge in [-0.05, 0) is 51.7 Å². The number of hydrogen-bond donors (Lipinski definition) is 0. The number of halogens is 1. The fraction of sp³-hybridized carbons (Fsp3) is 0.300. The minimum absolute atomic E-state index is 0. The van der Waals surface area contributed by atoms with Gasteiger partial charge in [0.05, 0.1) is 15.1 Å². The first kappa shape index (κ1) is 22.7. The first-order valence-corrected chi connectivity index (χ1v) is 9.75. The smallest absolute Gasteiger partial charge is 0.270 e. The van der Waals surface area contributed by atoms with Crippen molar-refractivity contribution in [3.63, 3.8) is 0 Å². The van der Waals surface area contributed by atoms with E-state index in [-0.39, 0.29) is 29.6 Å². The molecule has 0 N–H and O–H groups in total. The lowest BCUT2D eigenvalue weighted by Gasteiger charge is -2.21. The molecule has 0 unspecified atom stereocenters. The van der Waals surface area contributed by atoms with Gasteiger partial charge >= 0.3 is 0 Å². The Labute approximate surface area is 179 Å². The number of carbonyl (C=O) groups is 1. The molecule has 29 heavy (non-hydrogen) atoms. The monoisotopic (exact) mass is 434 g/mol. The summed E-state index contributed by atoms with van der Waals surface area (Å²) < 4.78 is 1.01. The lowest BCUT2D eigenvalue weighted by atomic mass is 10.1. The molecule has 0 fully saturated rings. The van der Waals surface area contributed by atoms with Crippen LogP contribution in [-0.4, -0.2) is 47.9 Å². The molecule has 0 aliphatic carbocycles. The van der Waals surface area contributed by atoms with Crippen LogP contribution in [0.25, 0.3) is 10.2 Å². The number of hydrogen-bond acceptors (Lipinski definition) is 6. The van der Waals surface area contributed by atoms with Crippen molar-refractivity contribution in [3.05, 3.63) is 63.7 Å². The molecule has 9 heteroatoms. The van der Waals surface area contributed by atoms with E-state index in [0.29, 0.717) is 11.7 Å². The average molecular weight is 435 g/mol. The second kappa shape index (κ2) is 9.78. The van der Waals surface area contributed by atoms with Gasteiger partial charge in [0.1, 0.15) is 0 Å². The molecule has 3 aromatic rings. The van der Waals surface area contributed by atoms with Gasteiger partial charge in [-0.25, -0.2) is 4.98 Å². The summed E-state index contributed by atoms with van der Waals surface area (Å²) in [6, 6.07) is 11.8. The maximum Gasteiger partial charge on any atom is 0.270 e. The molecule has 2 aromatic carbocycles. The van der Waals surface area contributed by atoms with E-state index in [1.165, 1.54) is 29.5 Å². The van der Waals surface area contributed by atoms with Crippen molar-refractivity contribution in [2.45, 2.75) is 13.3 Å². The lowest BCUT2D eigenvalue weighted by Crippen LogP contribution is -2.33. The second-order valence-corrected chi connectivity index (χ2v) is 7.85. The van der Waals surface area contributed by atoms with E-state index in [4.69, 9.17) is 4.98 Å². The molecule has 3 rings (SSSR count). The van der Waals surface area contributed by atoms with Crippen molar-refractivity contribution in [1.29, 1.82) is 0 Å². The van der Waals surface area contributed by atoms with Crippen LogP contribution < -0.4 is 4.90 Å². The molecule has 0 radical (unpaired) electrons. The van der Waals surface area contributed by atoms with Crippen LogP contribution in [0, 0.1) is 17.0 Å². The quantitative estimate of drug-likeness (QED) is 0.403. The van der Waals surface area contributed by atoms with Crippen molar-refractivity contribution in [1.82, 2.24) is 9.88 Å². The molecule has 0 spiro atoms. The zero-order chi connectivity index (χ0) is 20.3. The molecule has 0 saturated heterocycles. The lowest BCUT2D eigenvalue weighted by molar-refractivity contribution is -0.384. The van der Waals surface area contributed by atoms with E-state index in [1.807, 2.05) is 39.2 Å². The minimum atomic E-state index is -0.492. The van der Waals surface area contributed by atoms with Crippen molar-refractivity contribution >= 4 is 50.7 Å². The second-order valence-electron chi connectivity index (χ2n) is 6.84. The number of benzene rings is 2. The highest BCUT2D eigenvalue weighted by atomic mass is 35.5. The highest BCUT2D eigenvalue weighted by Gasteiger charge is 2.23. The summed E-state index contributed by atoms with van der Waals surface area (Å²) in [6.45, 7) is 3.30. The number of nitrogens with zero attached hydrogens (tertiary/aromatic N) is 4. The molecule has 154 valence electrons. The predicted octanol–water partition coefficient (Wildman–Crippen LogP) is 4.53. The van der Waals surface area contributed by atoms with Gasteiger partial charge in [-0.2, -0.15) is 0 Å². The number of nitro groups is 1. The number of anilines is 1. The first-order valence-electron chi connectivity index (χ1n) is 8.94. The third-order valence-electron chi connectivity index (χ3n) is 4.38. The minimum Gasteiger partial charge on any atom is -0.309 e. The Morgan fingerprint density at radius 3 is 2.55 bits per heavy atom. The molecule has 0 aliphatic heterocycles. The zero-order valence-corrected chi connectivity index (χ0v) is 18.1. The van der Waals surface area contributed by atoms with Gasteiger partial charge < -0.3 is 4.90 Å². The highest BCUT2D eigenvalue weighted by molar-refractivity contribution is 7.22. The van der Waals surface area contributed by atoms with E-state index >= 15 is 0 Å². The number of para-hydroxylation sites is 1. The number of nitro benzene ring substituents is 1. The Hall–Kier alpha value is -2.55. The fourth-order valence-electron chi connectivity index (χ4n) is 2.93. The Morgan fingerprint density at radius 1 is 1.17 bits per heavy atom.